The minimum atomic E-state index is -1.06. The van der Waals surface area contributed by atoms with E-state index in [-0.39, 0.29) is 28.7 Å². The van der Waals surface area contributed by atoms with Crippen molar-refractivity contribution < 1.29 is 19.7 Å². The molecule has 2 N–H and O–H groups in total. The average Bonchev–Trinajstić information content (AvgIpc) is 2.53. The smallest absolute Gasteiger partial charge is 0.339 e. The fourth-order valence-electron chi connectivity index (χ4n) is 4.61. The van der Waals surface area contributed by atoms with E-state index in [0.29, 0.717) is 23.3 Å². The van der Waals surface area contributed by atoms with Crippen molar-refractivity contribution in [3.05, 3.63) is 34.4 Å². The van der Waals surface area contributed by atoms with E-state index in [1.54, 1.807) is 0 Å². The minimum absolute atomic E-state index is 0.00490. The average molecular weight is 358 g/mol. The SMILES string of the molecule is CCCCCc1cc2c(c(O)c1C(=O)O)[C@H]1C=C(C)CC[C@H]1C(C)(C)O2. The molecule has 1 aromatic rings. The second-order valence-corrected chi connectivity index (χ2v) is 8.32. The Morgan fingerprint density at radius 2 is 2.08 bits per heavy atom. The van der Waals surface area contributed by atoms with Gasteiger partial charge in [-0.3, -0.25) is 0 Å². The zero-order chi connectivity index (χ0) is 19.1. The van der Waals surface area contributed by atoms with E-state index in [2.05, 4.69) is 33.8 Å². The van der Waals surface area contributed by atoms with E-state index in [1.807, 2.05) is 6.07 Å². The van der Waals surface area contributed by atoms with Gasteiger partial charge in [0.2, 0.25) is 0 Å². The van der Waals surface area contributed by atoms with Crippen molar-refractivity contribution in [1.29, 1.82) is 0 Å². The van der Waals surface area contributed by atoms with Crippen molar-refractivity contribution in [2.75, 3.05) is 0 Å². The van der Waals surface area contributed by atoms with Crippen LogP contribution in [0.15, 0.2) is 17.7 Å². The summed E-state index contributed by atoms with van der Waals surface area (Å²) in [6.07, 6.45) is 7.85. The summed E-state index contributed by atoms with van der Waals surface area (Å²) in [5, 5.41) is 20.7. The third-order valence-electron chi connectivity index (χ3n) is 5.99. The maximum Gasteiger partial charge on any atom is 0.339 e. The first kappa shape index (κ1) is 18.8. The monoisotopic (exact) mass is 358 g/mol. The number of unbranched alkanes of at least 4 members (excludes halogenated alkanes) is 2. The summed E-state index contributed by atoms with van der Waals surface area (Å²) in [6, 6.07) is 1.86. The molecule has 2 aliphatic rings. The van der Waals surface area contributed by atoms with Crippen molar-refractivity contribution in [1.82, 2.24) is 0 Å². The second kappa shape index (κ2) is 6.98. The van der Waals surface area contributed by atoms with Crippen LogP contribution in [0.25, 0.3) is 0 Å². The molecule has 4 heteroatoms. The van der Waals surface area contributed by atoms with E-state index < -0.39 is 5.97 Å². The number of hydrogen-bond acceptors (Lipinski definition) is 3. The van der Waals surface area contributed by atoms with Crippen LogP contribution >= 0.6 is 0 Å². The molecule has 0 saturated carbocycles. The predicted octanol–water partition coefficient (Wildman–Crippen LogP) is 5.43. The fraction of sp³-hybridized carbons (Fsp3) is 0.591. The van der Waals surface area contributed by atoms with E-state index in [0.717, 1.165) is 32.1 Å². The van der Waals surface area contributed by atoms with Gasteiger partial charge in [0.05, 0.1) is 0 Å². The first-order valence-electron chi connectivity index (χ1n) is 9.74. The van der Waals surface area contributed by atoms with Gasteiger partial charge in [-0.05, 0) is 58.1 Å². The maximum atomic E-state index is 11.9. The fourth-order valence-corrected chi connectivity index (χ4v) is 4.61. The Labute approximate surface area is 155 Å². The van der Waals surface area contributed by atoms with Crippen LogP contribution in [0.3, 0.4) is 0 Å². The van der Waals surface area contributed by atoms with Crippen LogP contribution < -0.4 is 4.74 Å². The van der Waals surface area contributed by atoms with Crippen LogP contribution in [0.4, 0.5) is 0 Å². The summed E-state index contributed by atoms with van der Waals surface area (Å²) in [5.74, 6) is -0.272. The number of allylic oxidation sites excluding steroid dienone is 2. The lowest BCUT2D eigenvalue weighted by molar-refractivity contribution is 0.0106. The summed E-state index contributed by atoms with van der Waals surface area (Å²) in [4.78, 5) is 11.9. The number of carboxylic acid groups (broad SMARTS) is 1. The van der Waals surface area contributed by atoms with Gasteiger partial charge in [-0.25, -0.2) is 4.79 Å². The number of carboxylic acids is 1. The Kier molecular flexibility index (Phi) is 5.05. The topological polar surface area (TPSA) is 66.8 Å². The summed E-state index contributed by atoms with van der Waals surface area (Å²) in [6.45, 7) is 8.42. The van der Waals surface area contributed by atoms with Gasteiger partial charge in [0, 0.05) is 17.4 Å². The highest BCUT2D eigenvalue weighted by molar-refractivity contribution is 5.94. The summed E-state index contributed by atoms with van der Waals surface area (Å²) in [7, 11) is 0. The molecule has 1 aliphatic carbocycles. The molecular formula is C22H30O4. The van der Waals surface area contributed by atoms with Gasteiger partial charge in [-0.15, -0.1) is 0 Å². The van der Waals surface area contributed by atoms with E-state index in [4.69, 9.17) is 4.74 Å². The molecule has 26 heavy (non-hydrogen) atoms. The molecule has 1 heterocycles. The van der Waals surface area contributed by atoms with E-state index in [9.17, 15) is 15.0 Å². The molecule has 1 aliphatic heterocycles. The van der Waals surface area contributed by atoms with Gasteiger partial charge in [-0.2, -0.15) is 0 Å². The van der Waals surface area contributed by atoms with Crippen molar-refractivity contribution in [2.45, 2.75) is 77.7 Å². The summed E-state index contributed by atoms with van der Waals surface area (Å²) >= 11 is 0. The van der Waals surface area contributed by atoms with Crippen LogP contribution in [-0.4, -0.2) is 21.8 Å². The number of phenols is 1. The third-order valence-corrected chi connectivity index (χ3v) is 5.99. The van der Waals surface area contributed by atoms with Crippen LogP contribution in [0.2, 0.25) is 0 Å². The number of hydrogen-bond donors (Lipinski definition) is 2. The zero-order valence-electron chi connectivity index (χ0n) is 16.3. The van der Waals surface area contributed by atoms with Crippen LogP contribution in [0, 0.1) is 5.92 Å². The molecular weight excluding hydrogens is 328 g/mol. The number of fused-ring (bicyclic) bond motifs is 3. The lowest BCUT2D eigenvalue weighted by Gasteiger charge is -2.46. The predicted molar refractivity (Wildman–Crippen MR) is 102 cm³/mol. The molecule has 3 rings (SSSR count). The van der Waals surface area contributed by atoms with Gasteiger partial charge >= 0.3 is 5.97 Å². The van der Waals surface area contributed by atoms with Crippen molar-refractivity contribution >= 4 is 5.97 Å². The highest BCUT2D eigenvalue weighted by Crippen LogP contribution is 2.54. The Balaban J connectivity index is 2.15. The standard InChI is InChI=1S/C22H30O4/c1-5-6-7-8-14-12-17-19(20(23)18(14)21(24)25)15-11-13(2)9-10-16(15)22(3,4)26-17/h11-12,15-16,23H,5-10H2,1-4H3,(H,24,25)/t15-,16+/m0/s1. The van der Waals surface area contributed by atoms with Crippen molar-refractivity contribution in [3.8, 4) is 11.5 Å². The largest absolute Gasteiger partial charge is 0.507 e. The van der Waals surface area contributed by atoms with Crippen molar-refractivity contribution in [2.24, 2.45) is 5.92 Å². The summed E-state index contributed by atoms with van der Waals surface area (Å²) < 4.78 is 6.30. The third kappa shape index (κ3) is 3.22. The van der Waals surface area contributed by atoms with Gasteiger partial charge in [0.1, 0.15) is 22.7 Å². The molecule has 2 atom stereocenters. The second-order valence-electron chi connectivity index (χ2n) is 8.32. The minimum Gasteiger partial charge on any atom is -0.507 e. The number of aryl methyl sites for hydroxylation is 1. The number of carbonyl (C=O) groups is 1. The molecule has 0 fully saturated rings. The molecule has 0 radical (unpaired) electrons. The molecule has 0 aromatic heterocycles. The highest BCUT2D eigenvalue weighted by atomic mass is 16.5. The quantitative estimate of drug-likeness (QED) is 0.544. The molecule has 0 unspecified atom stereocenters. The van der Waals surface area contributed by atoms with Crippen LogP contribution in [0.1, 0.15) is 87.2 Å². The molecule has 1 aromatic carbocycles. The maximum absolute atomic E-state index is 11.9. The Morgan fingerprint density at radius 1 is 1.35 bits per heavy atom. The zero-order valence-corrected chi connectivity index (χ0v) is 16.3. The molecule has 0 spiro atoms. The number of benzene rings is 1. The molecule has 0 amide bonds. The van der Waals surface area contributed by atoms with E-state index >= 15 is 0 Å². The number of ether oxygens (including phenoxy) is 1. The van der Waals surface area contributed by atoms with Crippen molar-refractivity contribution in [3.63, 3.8) is 0 Å². The molecule has 0 bridgehead atoms. The Morgan fingerprint density at radius 3 is 2.73 bits per heavy atom. The first-order chi connectivity index (χ1) is 12.3. The van der Waals surface area contributed by atoms with Gasteiger partial charge in [-0.1, -0.05) is 31.4 Å². The van der Waals surface area contributed by atoms with Crippen LogP contribution in [-0.2, 0) is 6.42 Å². The lowest BCUT2D eigenvalue weighted by Crippen LogP contribution is -2.45. The molecule has 142 valence electrons. The summed E-state index contributed by atoms with van der Waals surface area (Å²) in [5.41, 5.74) is 2.34. The Bertz CT molecular complexity index is 745. The number of aromatic hydroxyl groups is 1. The number of rotatable bonds is 5. The van der Waals surface area contributed by atoms with Gasteiger partial charge in [0.15, 0.2) is 0 Å². The number of aromatic carboxylic acids is 1. The molecule has 4 nitrogen and oxygen atoms in total. The Hall–Kier alpha value is -1.97. The van der Waals surface area contributed by atoms with Gasteiger partial charge < -0.3 is 14.9 Å². The molecule has 0 saturated heterocycles. The first-order valence-corrected chi connectivity index (χ1v) is 9.74. The highest BCUT2D eigenvalue weighted by Gasteiger charge is 2.46. The van der Waals surface area contributed by atoms with E-state index in [1.165, 1.54) is 5.57 Å². The lowest BCUT2D eigenvalue weighted by atomic mass is 9.67. The van der Waals surface area contributed by atoms with Crippen LogP contribution in [0.5, 0.6) is 11.5 Å². The normalized spacial score (nSPS) is 23.5. The van der Waals surface area contributed by atoms with Gasteiger partial charge in [0.25, 0.3) is 0 Å².